The molecule has 0 aromatic rings. The van der Waals surface area contributed by atoms with Crippen molar-refractivity contribution in [2.24, 2.45) is 0 Å². The van der Waals surface area contributed by atoms with Crippen LogP contribution in [0.2, 0.25) is 0 Å². The molecule has 0 nitrogen and oxygen atoms in total. The van der Waals surface area contributed by atoms with Gasteiger partial charge in [-0.3, -0.25) is 0 Å². The van der Waals surface area contributed by atoms with E-state index in [1.165, 1.54) is 0 Å². The summed E-state index contributed by atoms with van der Waals surface area (Å²) in [6.45, 7) is 0. The van der Waals surface area contributed by atoms with Gasteiger partial charge in [-0.2, -0.15) is 0 Å². The number of rotatable bonds is 0. The molecule has 1 aliphatic rings. The van der Waals surface area contributed by atoms with E-state index in [2.05, 4.69) is 24.3 Å². The van der Waals surface area contributed by atoms with Gasteiger partial charge in [0.25, 0.3) is 0 Å². The third kappa shape index (κ3) is 5.84. The zero-order chi connectivity index (χ0) is 4.95. The van der Waals surface area contributed by atoms with Gasteiger partial charge in [0.15, 0.2) is 0 Å². The number of hydrogen-bond donors (Lipinski definition) is 0. The Bertz CT molecular complexity index is 107. The minimum absolute atomic E-state index is 0. The Balaban J connectivity index is 0. The van der Waals surface area contributed by atoms with Gasteiger partial charge in [0, 0.05) is 0 Å². The predicted octanol–water partition coefficient (Wildman–Crippen LogP) is 2.14. The van der Waals surface area contributed by atoms with Crippen molar-refractivity contribution in [2.75, 3.05) is 0 Å². The number of hydrogen-bond acceptors (Lipinski definition) is 0. The minimum Gasteiger partial charge on any atom is -0.0807 e. The first-order chi connectivity index (χ1) is 3.50. The Labute approximate surface area is 72.9 Å². The zero-order valence-electron chi connectivity index (χ0n) is 4.97. The molecule has 1 aliphatic carbocycles. The molecular weight excluding hydrogens is 204 g/mol. The van der Waals surface area contributed by atoms with Gasteiger partial charge in [-0.15, -0.1) is 0 Å². The van der Waals surface area contributed by atoms with Crippen molar-refractivity contribution >= 4 is 0 Å². The maximum absolute atomic E-state index is 2.12. The fourth-order valence-corrected chi connectivity index (χ4v) is 0.521. The van der Waals surface area contributed by atoms with E-state index in [9.17, 15) is 0 Å². The summed E-state index contributed by atoms with van der Waals surface area (Å²) in [4.78, 5) is 0. The molecule has 0 bridgehead atoms. The van der Waals surface area contributed by atoms with Crippen molar-refractivity contribution in [1.82, 2.24) is 0 Å². The van der Waals surface area contributed by atoms with Crippen LogP contribution in [-0.4, -0.2) is 0 Å². The molecule has 0 heterocycles. The van der Waals surface area contributed by atoms with Crippen molar-refractivity contribution in [3.8, 4) is 0 Å². The summed E-state index contributed by atoms with van der Waals surface area (Å²) >= 11 is 0. The smallest absolute Gasteiger partial charge is 0.0807 e. The van der Waals surface area contributed by atoms with Crippen LogP contribution in [0.15, 0.2) is 36.5 Å². The molecule has 0 aromatic heterocycles. The Morgan fingerprint density at radius 3 is 1.67 bits per heavy atom. The summed E-state index contributed by atoms with van der Waals surface area (Å²) in [5, 5.41) is 0. The van der Waals surface area contributed by atoms with E-state index in [0.717, 1.165) is 6.42 Å². The standard InChI is InChI=1S/C7H8.C.Ag/c1-2-4-6-7-5-3-1;;/h1-6H,7H2;;/q;+4;+1. The average Bonchev–Trinajstić information content (AvgIpc) is 1.90. The van der Waals surface area contributed by atoms with Gasteiger partial charge in [-0.25, -0.2) is 0 Å². The van der Waals surface area contributed by atoms with E-state index in [1.54, 1.807) is 0 Å². The second-order valence-electron chi connectivity index (χ2n) is 1.48. The van der Waals surface area contributed by atoms with E-state index in [0.29, 0.717) is 0 Å². The van der Waals surface area contributed by atoms with Crippen LogP contribution in [0.25, 0.3) is 0 Å². The third-order valence-corrected chi connectivity index (χ3v) is 0.878. The van der Waals surface area contributed by atoms with Crippen molar-refractivity contribution < 1.29 is 22.4 Å². The molecule has 0 saturated heterocycles. The molecule has 0 saturated carbocycles. The van der Waals surface area contributed by atoms with Crippen molar-refractivity contribution in [3.05, 3.63) is 43.9 Å². The quantitative estimate of drug-likeness (QED) is 0.539. The van der Waals surface area contributed by atoms with E-state index >= 15 is 0 Å². The number of allylic oxidation sites excluding steroid dienone is 6. The van der Waals surface area contributed by atoms with E-state index in [-0.39, 0.29) is 29.8 Å². The van der Waals surface area contributed by atoms with Gasteiger partial charge in [0.05, 0.1) is 0 Å². The molecule has 0 unspecified atom stereocenters. The first-order valence-corrected chi connectivity index (χ1v) is 2.48. The topological polar surface area (TPSA) is 0 Å². The van der Waals surface area contributed by atoms with Gasteiger partial charge < -0.3 is 0 Å². The van der Waals surface area contributed by atoms with Crippen LogP contribution >= 0.6 is 0 Å². The van der Waals surface area contributed by atoms with Crippen molar-refractivity contribution in [1.29, 1.82) is 0 Å². The molecule has 0 fully saturated rings. The van der Waals surface area contributed by atoms with Crippen LogP contribution in [-0.2, 0) is 22.4 Å². The van der Waals surface area contributed by atoms with Gasteiger partial charge in [-0.05, 0) is 6.42 Å². The van der Waals surface area contributed by atoms with Gasteiger partial charge in [0.2, 0.25) is 0 Å². The second-order valence-corrected chi connectivity index (χ2v) is 1.48. The Morgan fingerprint density at radius 1 is 0.778 bits per heavy atom. The first kappa shape index (κ1) is 11.7. The third-order valence-electron chi connectivity index (χ3n) is 0.878. The van der Waals surface area contributed by atoms with E-state index < -0.39 is 0 Å². The molecule has 0 amide bonds. The maximum atomic E-state index is 2.12. The molecule has 0 N–H and O–H groups in total. The molecule has 0 aromatic carbocycles. The summed E-state index contributed by atoms with van der Waals surface area (Å²) < 4.78 is 0. The Morgan fingerprint density at radius 2 is 1.22 bits per heavy atom. The fraction of sp³-hybridized carbons (Fsp3) is 0.125. The first-order valence-electron chi connectivity index (χ1n) is 2.48. The molecule has 1 rings (SSSR count). The molecule has 0 aliphatic heterocycles. The molecule has 0 radical (unpaired) electrons. The van der Waals surface area contributed by atoms with Crippen LogP contribution in [0.1, 0.15) is 6.42 Å². The van der Waals surface area contributed by atoms with E-state index in [4.69, 9.17) is 0 Å². The van der Waals surface area contributed by atoms with E-state index in [1.807, 2.05) is 12.2 Å². The summed E-state index contributed by atoms with van der Waals surface area (Å²) in [7, 11) is 0. The van der Waals surface area contributed by atoms with Crippen molar-refractivity contribution in [2.45, 2.75) is 6.42 Å². The van der Waals surface area contributed by atoms with Crippen LogP contribution < -0.4 is 0 Å². The van der Waals surface area contributed by atoms with Crippen LogP contribution in [0.3, 0.4) is 0 Å². The molecule has 9 heavy (non-hydrogen) atoms. The van der Waals surface area contributed by atoms with Gasteiger partial charge in [-0.1, -0.05) is 36.5 Å². The largest absolute Gasteiger partial charge is 4.00 e. The normalized spacial score (nSPS) is 13.3. The monoisotopic (exact) mass is 211 g/mol. The predicted molar refractivity (Wildman–Crippen MR) is 35.3 cm³/mol. The van der Waals surface area contributed by atoms with Crippen molar-refractivity contribution in [3.63, 3.8) is 0 Å². The molecule has 0 atom stereocenters. The Hall–Kier alpha value is -0.0397. The molecular formula is C8H8Ag+5. The maximum Gasteiger partial charge on any atom is 4.00 e. The molecule has 1 heteroatoms. The summed E-state index contributed by atoms with van der Waals surface area (Å²) in [6.07, 6.45) is 13.5. The SMILES string of the molecule is C1=CC=CCC=C1.[Ag+].[C+4]. The Kier molecular flexibility index (Phi) is 10.4. The summed E-state index contributed by atoms with van der Waals surface area (Å²) in [6, 6.07) is 0. The fourth-order valence-electron chi connectivity index (χ4n) is 0.521. The summed E-state index contributed by atoms with van der Waals surface area (Å²) in [5.41, 5.74) is 0. The molecule has 0 spiro atoms. The summed E-state index contributed by atoms with van der Waals surface area (Å²) in [5.74, 6) is 0. The van der Waals surface area contributed by atoms with Gasteiger partial charge >= 0.3 is 29.8 Å². The van der Waals surface area contributed by atoms with Crippen LogP contribution in [0.4, 0.5) is 0 Å². The average molecular weight is 212 g/mol. The zero-order valence-corrected chi connectivity index (χ0v) is 6.45. The molecule has 46 valence electrons. The second kappa shape index (κ2) is 7.96. The van der Waals surface area contributed by atoms with Crippen LogP contribution in [0.5, 0.6) is 0 Å². The van der Waals surface area contributed by atoms with Crippen LogP contribution in [0, 0.1) is 7.43 Å². The minimum atomic E-state index is 0. The van der Waals surface area contributed by atoms with Gasteiger partial charge in [0.1, 0.15) is 0 Å².